The van der Waals surface area contributed by atoms with Crippen LogP contribution in [0, 0.1) is 19.7 Å². The zero-order valence-corrected chi connectivity index (χ0v) is 24.7. The number of benzene rings is 3. The second-order valence-corrected chi connectivity index (χ2v) is 11.4. The minimum absolute atomic E-state index is 0.219. The van der Waals surface area contributed by atoms with Crippen molar-refractivity contribution in [3.05, 3.63) is 138 Å². The second kappa shape index (κ2) is 11.0. The van der Waals surface area contributed by atoms with Crippen LogP contribution in [0.1, 0.15) is 47.8 Å². The molecule has 0 amide bonds. The lowest BCUT2D eigenvalue weighted by atomic mass is 9.95. The van der Waals surface area contributed by atoms with E-state index in [0.717, 1.165) is 33.3 Å². The first-order valence-electron chi connectivity index (χ1n) is 13.9. The zero-order valence-electron chi connectivity index (χ0n) is 23.8. The lowest BCUT2D eigenvalue weighted by Gasteiger charge is -2.24. The minimum atomic E-state index is -0.661. The van der Waals surface area contributed by atoms with Gasteiger partial charge in [-0.1, -0.05) is 77.6 Å². The molecule has 3 aromatic carbocycles. The number of fused-ring (bicyclic) bond motifs is 2. The van der Waals surface area contributed by atoms with Crippen LogP contribution in [0.3, 0.4) is 0 Å². The number of carbonyl (C=O) groups excluding carboxylic acids is 1. The third-order valence-corrected chi connectivity index (χ3v) is 8.73. The van der Waals surface area contributed by atoms with Crippen molar-refractivity contribution in [3.63, 3.8) is 0 Å². The van der Waals surface area contributed by atoms with Crippen LogP contribution in [-0.2, 0) is 16.1 Å². The number of nitrogens with zero attached hydrogens (tertiary/aromatic N) is 3. The van der Waals surface area contributed by atoms with Crippen molar-refractivity contribution in [1.82, 2.24) is 9.13 Å². The first kappa shape index (κ1) is 27.6. The Morgan fingerprint density at radius 2 is 1.74 bits per heavy atom. The Bertz CT molecular complexity index is 2070. The molecular formula is C34H30FN3O3S. The molecule has 3 heterocycles. The van der Waals surface area contributed by atoms with Gasteiger partial charge in [-0.2, -0.15) is 0 Å². The van der Waals surface area contributed by atoms with E-state index >= 15 is 0 Å². The summed E-state index contributed by atoms with van der Waals surface area (Å²) in [5, 5.41) is 0.968. The Hall–Kier alpha value is -4.56. The smallest absolute Gasteiger partial charge is 0.338 e. The molecule has 212 valence electrons. The Balaban J connectivity index is 1.55. The average Bonchev–Trinajstić information content (AvgIpc) is 3.42. The summed E-state index contributed by atoms with van der Waals surface area (Å²) in [6.45, 7) is 8.11. The molecule has 0 saturated heterocycles. The standard InChI is InChI=1S/C34H30FN3O3S/c1-5-41-33(40)30-21(3)36-34-38(31(30)23-16-14-20(2)15-17-23)32(39)29(42-34)18-26-22(4)37(28-13-9-7-11-25(26)28)19-24-10-6-8-12-27(24)35/h6-18,31H,5,19H2,1-4H3/b29-18-/t31-/m0/s1. The molecule has 1 atom stereocenters. The van der Waals surface area contributed by atoms with Gasteiger partial charge in [-0.25, -0.2) is 14.2 Å². The molecule has 42 heavy (non-hydrogen) atoms. The lowest BCUT2D eigenvalue weighted by Crippen LogP contribution is -2.39. The highest BCUT2D eigenvalue weighted by atomic mass is 32.1. The topological polar surface area (TPSA) is 65.6 Å². The number of thiazole rings is 1. The molecule has 0 bridgehead atoms. The quantitative estimate of drug-likeness (QED) is 0.248. The number of ether oxygens (including phenoxy) is 1. The number of para-hydroxylation sites is 1. The molecule has 0 aliphatic carbocycles. The van der Waals surface area contributed by atoms with Crippen LogP contribution in [-0.4, -0.2) is 21.7 Å². The van der Waals surface area contributed by atoms with Crippen molar-refractivity contribution in [2.45, 2.75) is 40.3 Å². The molecule has 5 aromatic rings. The van der Waals surface area contributed by atoms with Crippen molar-refractivity contribution in [2.24, 2.45) is 4.99 Å². The van der Waals surface area contributed by atoms with E-state index in [1.807, 2.05) is 74.5 Å². The minimum Gasteiger partial charge on any atom is -0.463 e. The summed E-state index contributed by atoms with van der Waals surface area (Å²) in [4.78, 5) is 32.5. The molecule has 0 saturated carbocycles. The van der Waals surface area contributed by atoms with Gasteiger partial charge in [0.25, 0.3) is 5.56 Å². The molecule has 1 aliphatic heterocycles. The molecule has 1 aliphatic rings. The van der Waals surface area contributed by atoms with Gasteiger partial charge in [-0.3, -0.25) is 9.36 Å². The predicted octanol–water partition coefficient (Wildman–Crippen LogP) is 5.56. The summed E-state index contributed by atoms with van der Waals surface area (Å²) in [7, 11) is 0. The van der Waals surface area contributed by atoms with E-state index in [9.17, 15) is 14.0 Å². The van der Waals surface area contributed by atoms with Gasteiger partial charge in [-0.15, -0.1) is 0 Å². The van der Waals surface area contributed by atoms with Gasteiger partial charge >= 0.3 is 5.97 Å². The van der Waals surface area contributed by atoms with Gasteiger partial charge in [0.2, 0.25) is 0 Å². The molecule has 8 heteroatoms. The highest BCUT2D eigenvalue weighted by Crippen LogP contribution is 2.31. The Kier molecular flexibility index (Phi) is 7.24. The van der Waals surface area contributed by atoms with E-state index in [4.69, 9.17) is 9.73 Å². The molecule has 0 spiro atoms. The van der Waals surface area contributed by atoms with Crippen LogP contribution in [0.15, 0.2) is 93.9 Å². The fourth-order valence-electron chi connectivity index (χ4n) is 5.63. The molecule has 0 radical (unpaired) electrons. The van der Waals surface area contributed by atoms with Crippen LogP contribution >= 0.6 is 11.3 Å². The Morgan fingerprint density at radius 1 is 1.02 bits per heavy atom. The van der Waals surface area contributed by atoms with E-state index in [1.165, 1.54) is 17.4 Å². The van der Waals surface area contributed by atoms with Crippen molar-refractivity contribution < 1.29 is 13.9 Å². The third kappa shape index (κ3) is 4.71. The molecule has 0 N–H and O–H groups in total. The fraction of sp³-hybridized carbons (Fsp3) is 0.206. The normalized spacial score (nSPS) is 15.2. The van der Waals surface area contributed by atoms with Gasteiger partial charge in [0.15, 0.2) is 4.80 Å². The van der Waals surface area contributed by atoms with E-state index < -0.39 is 12.0 Å². The first-order valence-corrected chi connectivity index (χ1v) is 14.7. The maximum atomic E-state index is 14.6. The number of aryl methyl sites for hydroxylation is 1. The monoisotopic (exact) mass is 579 g/mol. The maximum absolute atomic E-state index is 14.6. The second-order valence-electron chi connectivity index (χ2n) is 10.4. The lowest BCUT2D eigenvalue weighted by molar-refractivity contribution is -0.139. The van der Waals surface area contributed by atoms with E-state index in [-0.39, 0.29) is 18.0 Å². The van der Waals surface area contributed by atoms with Crippen LogP contribution in [0.4, 0.5) is 4.39 Å². The molecular weight excluding hydrogens is 549 g/mol. The number of carbonyl (C=O) groups is 1. The summed E-state index contributed by atoms with van der Waals surface area (Å²) >= 11 is 1.29. The van der Waals surface area contributed by atoms with Gasteiger partial charge in [0, 0.05) is 27.7 Å². The SMILES string of the molecule is CCOC(=O)C1=C(C)N=c2s/c(=C\c3c(C)n(Cc4ccccc4F)c4ccccc34)c(=O)n2[C@H]1c1ccc(C)cc1. The first-order chi connectivity index (χ1) is 20.3. The fourth-order valence-corrected chi connectivity index (χ4v) is 6.66. The Labute approximate surface area is 246 Å². The van der Waals surface area contributed by atoms with Crippen LogP contribution < -0.4 is 14.9 Å². The van der Waals surface area contributed by atoms with Crippen LogP contribution in [0.5, 0.6) is 0 Å². The van der Waals surface area contributed by atoms with Gasteiger partial charge in [0.05, 0.1) is 35.0 Å². The summed E-state index contributed by atoms with van der Waals surface area (Å²) in [5.41, 5.74) is 5.90. The number of halogens is 1. The number of allylic oxidation sites excluding steroid dienone is 1. The number of hydrogen-bond donors (Lipinski definition) is 0. The van der Waals surface area contributed by atoms with Crippen molar-refractivity contribution >= 4 is 34.3 Å². The number of rotatable bonds is 6. The summed E-state index contributed by atoms with van der Waals surface area (Å²) < 4.78 is 24.2. The molecule has 0 fully saturated rings. The van der Waals surface area contributed by atoms with Crippen LogP contribution in [0.2, 0.25) is 0 Å². The number of esters is 1. The highest BCUT2D eigenvalue weighted by Gasteiger charge is 2.33. The van der Waals surface area contributed by atoms with Crippen molar-refractivity contribution in [1.29, 1.82) is 0 Å². The van der Waals surface area contributed by atoms with Crippen LogP contribution in [0.25, 0.3) is 17.0 Å². The van der Waals surface area contributed by atoms with Crippen molar-refractivity contribution in [3.8, 4) is 0 Å². The highest BCUT2D eigenvalue weighted by molar-refractivity contribution is 7.07. The molecule has 6 rings (SSSR count). The van der Waals surface area contributed by atoms with Gasteiger partial charge in [-0.05, 0) is 51.5 Å². The average molecular weight is 580 g/mol. The van der Waals surface area contributed by atoms with Crippen molar-refractivity contribution in [2.75, 3.05) is 6.61 Å². The van der Waals surface area contributed by atoms with Gasteiger partial charge in [0.1, 0.15) is 5.82 Å². The van der Waals surface area contributed by atoms with E-state index in [0.29, 0.717) is 32.7 Å². The number of hydrogen-bond acceptors (Lipinski definition) is 5. The summed E-state index contributed by atoms with van der Waals surface area (Å²) in [5.74, 6) is -0.737. The third-order valence-electron chi connectivity index (χ3n) is 7.75. The largest absolute Gasteiger partial charge is 0.463 e. The molecule has 6 nitrogen and oxygen atoms in total. The van der Waals surface area contributed by atoms with Gasteiger partial charge < -0.3 is 9.30 Å². The maximum Gasteiger partial charge on any atom is 0.338 e. The molecule has 0 unspecified atom stereocenters. The number of aromatic nitrogens is 2. The summed E-state index contributed by atoms with van der Waals surface area (Å²) in [6.07, 6.45) is 1.90. The van der Waals surface area contributed by atoms with E-state index in [2.05, 4.69) is 4.57 Å². The zero-order chi connectivity index (χ0) is 29.5. The predicted molar refractivity (Wildman–Crippen MR) is 164 cm³/mol. The molecule has 2 aromatic heterocycles. The Morgan fingerprint density at radius 3 is 2.48 bits per heavy atom. The van der Waals surface area contributed by atoms with E-state index in [1.54, 1.807) is 30.5 Å². The summed E-state index contributed by atoms with van der Waals surface area (Å²) in [6, 6.07) is 21.9.